The fourth-order valence-corrected chi connectivity index (χ4v) is 9.82. The van der Waals surface area contributed by atoms with E-state index in [0.29, 0.717) is 0 Å². The van der Waals surface area contributed by atoms with Gasteiger partial charge in [0.25, 0.3) is 0 Å². The molecule has 0 saturated heterocycles. The van der Waals surface area contributed by atoms with Crippen molar-refractivity contribution in [3.63, 3.8) is 0 Å². The summed E-state index contributed by atoms with van der Waals surface area (Å²) in [6, 6.07) is 75.4. The lowest BCUT2D eigenvalue weighted by Crippen LogP contribution is -2.58. The summed E-state index contributed by atoms with van der Waals surface area (Å²) < 4.78 is 9.29. The molecule has 3 heteroatoms. The molecule has 2 nitrogen and oxygen atoms in total. The van der Waals surface area contributed by atoms with E-state index >= 15 is 0 Å². The topological polar surface area (TPSA) is 18.1 Å². The molecule has 0 N–H and O–H groups in total. The molecule has 0 bridgehead atoms. The summed E-state index contributed by atoms with van der Waals surface area (Å²) in [7, 11) is 0. The normalized spacial score (nSPS) is 12.4. The average molecular weight is 738 g/mol. The Balaban J connectivity index is 1.12. The van der Waals surface area contributed by atoms with E-state index in [2.05, 4.69) is 211 Å². The lowest BCUT2D eigenvalue weighted by atomic mass is 9.32. The van der Waals surface area contributed by atoms with Gasteiger partial charge in [-0.05, 0) is 87.8 Å². The zero-order valence-electron chi connectivity index (χ0n) is 31.8. The van der Waals surface area contributed by atoms with Gasteiger partial charge >= 0.3 is 0 Å². The van der Waals surface area contributed by atoms with Crippen molar-refractivity contribution in [3.8, 4) is 39.1 Å². The third kappa shape index (κ3) is 5.07. The summed E-state index contributed by atoms with van der Waals surface area (Å²) >= 11 is 0. The number of aromatic nitrogens is 1. The average Bonchev–Trinajstić information content (AvgIpc) is 3.84. The minimum absolute atomic E-state index is 0.0573. The maximum atomic E-state index is 6.91. The first-order chi connectivity index (χ1) is 28.8. The van der Waals surface area contributed by atoms with E-state index in [1.165, 1.54) is 71.6 Å². The van der Waals surface area contributed by atoms with Crippen molar-refractivity contribution in [2.24, 2.45) is 0 Å². The zero-order valence-corrected chi connectivity index (χ0v) is 31.8. The first-order valence-electron chi connectivity index (χ1n) is 20.2. The van der Waals surface area contributed by atoms with E-state index in [-0.39, 0.29) is 6.71 Å². The molecule has 0 aliphatic carbocycles. The van der Waals surface area contributed by atoms with Crippen LogP contribution in [0.15, 0.2) is 211 Å². The van der Waals surface area contributed by atoms with Crippen molar-refractivity contribution >= 4 is 66.8 Å². The van der Waals surface area contributed by atoms with Gasteiger partial charge in [0.05, 0.1) is 11.0 Å². The molecule has 12 rings (SSSR count). The fourth-order valence-electron chi connectivity index (χ4n) is 9.82. The molecule has 0 fully saturated rings. The smallest absolute Gasteiger partial charge is 0.243 e. The maximum absolute atomic E-state index is 6.91. The molecule has 2 aromatic heterocycles. The number of fused-ring (bicyclic) bond motifs is 8. The van der Waals surface area contributed by atoms with E-state index in [9.17, 15) is 0 Å². The quantitative estimate of drug-likeness (QED) is 0.161. The van der Waals surface area contributed by atoms with Crippen LogP contribution in [0.1, 0.15) is 11.1 Å². The Hall–Kier alpha value is -7.36. The Bertz CT molecular complexity index is 3220. The van der Waals surface area contributed by atoms with E-state index in [0.717, 1.165) is 45.2 Å². The largest absolute Gasteiger partial charge is 0.455 e. The van der Waals surface area contributed by atoms with Crippen LogP contribution in [0.2, 0.25) is 0 Å². The Kier molecular flexibility index (Phi) is 7.43. The molecule has 0 saturated carbocycles. The molecule has 0 atom stereocenters. The van der Waals surface area contributed by atoms with Gasteiger partial charge in [-0.2, -0.15) is 0 Å². The lowest BCUT2D eigenvalue weighted by molar-refractivity contribution is 0.670. The van der Waals surface area contributed by atoms with Crippen molar-refractivity contribution in [2.45, 2.75) is 6.42 Å². The second-order valence-electron chi connectivity index (χ2n) is 15.6. The van der Waals surface area contributed by atoms with Crippen molar-refractivity contribution < 1.29 is 4.42 Å². The molecule has 1 aliphatic rings. The summed E-state index contributed by atoms with van der Waals surface area (Å²) in [5.74, 6) is 0. The van der Waals surface area contributed by atoms with Crippen LogP contribution in [-0.2, 0) is 6.42 Å². The zero-order chi connectivity index (χ0) is 38.2. The first kappa shape index (κ1) is 32.8. The molecule has 0 unspecified atom stereocenters. The van der Waals surface area contributed by atoms with Crippen molar-refractivity contribution in [1.29, 1.82) is 0 Å². The predicted molar refractivity (Wildman–Crippen MR) is 245 cm³/mol. The molecule has 9 aromatic carbocycles. The predicted octanol–water partition coefficient (Wildman–Crippen LogP) is 12.1. The van der Waals surface area contributed by atoms with Crippen LogP contribution in [0.5, 0.6) is 0 Å². The summed E-state index contributed by atoms with van der Waals surface area (Å²) in [6.45, 7) is 0.0573. The molecule has 11 aromatic rings. The molecular formula is C55H36BNO. The third-order valence-electron chi connectivity index (χ3n) is 12.4. The Morgan fingerprint density at radius 3 is 1.55 bits per heavy atom. The maximum Gasteiger partial charge on any atom is 0.243 e. The number of hydrogen-bond acceptors (Lipinski definition) is 1. The highest BCUT2D eigenvalue weighted by molar-refractivity contribution is 6.98. The Morgan fingerprint density at radius 1 is 0.397 bits per heavy atom. The molecule has 0 amide bonds. The van der Waals surface area contributed by atoms with Crippen molar-refractivity contribution in [1.82, 2.24) is 4.57 Å². The molecular weight excluding hydrogens is 701 g/mol. The van der Waals surface area contributed by atoms with E-state index in [1.54, 1.807) is 0 Å². The van der Waals surface area contributed by atoms with Gasteiger partial charge in [-0.3, -0.25) is 0 Å². The van der Waals surface area contributed by atoms with Gasteiger partial charge in [-0.25, -0.2) is 0 Å². The lowest BCUT2D eigenvalue weighted by Gasteiger charge is -2.30. The number of rotatable bonds is 5. The van der Waals surface area contributed by atoms with Gasteiger partial charge in [0.15, 0.2) is 0 Å². The Labute approximate surface area is 337 Å². The van der Waals surface area contributed by atoms with Crippen LogP contribution in [0.25, 0.3) is 82.8 Å². The van der Waals surface area contributed by atoms with Crippen LogP contribution in [0.4, 0.5) is 0 Å². The number of hydrogen-bond donors (Lipinski definition) is 0. The van der Waals surface area contributed by atoms with Crippen LogP contribution in [-0.4, -0.2) is 11.3 Å². The number of benzene rings is 9. The minimum Gasteiger partial charge on any atom is -0.455 e. The molecule has 1 aliphatic heterocycles. The summed E-state index contributed by atoms with van der Waals surface area (Å²) in [6.07, 6.45) is 0.939. The SMILES string of the molecule is c1ccc(-c2cc(-c3cccc4c3oc3ccc(-n5c6ccccc6c6ccccc65)cc34)cc(-c3ccccc3)c2B2c3ccccc3Cc3ccccc32)cc1. The van der Waals surface area contributed by atoms with Gasteiger partial charge in [-0.1, -0.05) is 180 Å². The molecule has 0 radical (unpaired) electrons. The van der Waals surface area contributed by atoms with Gasteiger partial charge in [0.1, 0.15) is 11.2 Å². The highest BCUT2D eigenvalue weighted by Crippen LogP contribution is 2.41. The van der Waals surface area contributed by atoms with Gasteiger partial charge in [0.2, 0.25) is 6.71 Å². The molecule has 58 heavy (non-hydrogen) atoms. The van der Waals surface area contributed by atoms with Crippen LogP contribution in [0.3, 0.4) is 0 Å². The summed E-state index contributed by atoms with van der Waals surface area (Å²) in [5, 5.41) is 4.72. The minimum atomic E-state index is 0.0573. The monoisotopic (exact) mass is 737 g/mol. The van der Waals surface area contributed by atoms with Gasteiger partial charge in [0, 0.05) is 32.8 Å². The number of furan rings is 1. The van der Waals surface area contributed by atoms with Crippen molar-refractivity contribution in [3.05, 3.63) is 217 Å². The molecule has 270 valence electrons. The molecule has 0 spiro atoms. The second kappa shape index (κ2) is 13.1. The molecule has 3 heterocycles. The van der Waals surface area contributed by atoms with E-state index in [1.807, 2.05) is 0 Å². The van der Waals surface area contributed by atoms with Crippen LogP contribution in [0, 0.1) is 0 Å². The van der Waals surface area contributed by atoms with Crippen LogP contribution >= 0.6 is 0 Å². The second-order valence-corrected chi connectivity index (χ2v) is 15.6. The number of nitrogens with zero attached hydrogens (tertiary/aromatic N) is 1. The van der Waals surface area contributed by atoms with Gasteiger partial charge in [-0.15, -0.1) is 0 Å². The summed E-state index contributed by atoms with van der Waals surface area (Å²) in [4.78, 5) is 0. The van der Waals surface area contributed by atoms with Gasteiger partial charge < -0.3 is 8.98 Å². The standard InChI is InChI=1S/C55H36BNO/c1-3-16-36(17-4-1)46-33-40(34-47(37-18-5-2-6-19-37)54(46)56-49-26-11-7-20-38(49)32-39-21-8-12-27-50(39)56)42-24-15-25-45-48-35-41(30-31-53(48)58-55(42)45)57-51-28-13-9-22-43(51)44-23-10-14-29-52(44)57/h1-31,33-35H,32H2. The fraction of sp³-hybridized carbons (Fsp3) is 0.0182. The first-order valence-corrected chi connectivity index (χ1v) is 20.2. The Morgan fingerprint density at radius 2 is 0.931 bits per heavy atom. The number of para-hydroxylation sites is 3. The van der Waals surface area contributed by atoms with E-state index in [4.69, 9.17) is 4.42 Å². The van der Waals surface area contributed by atoms with Crippen LogP contribution < -0.4 is 16.4 Å². The van der Waals surface area contributed by atoms with E-state index < -0.39 is 0 Å². The summed E-state index contributed by atoms with van der Waals surface area (Å²) in [5.41, 5.74) is 19.2. The third-order valence-corrected chi connectivity index (χ3v) is 12.4. The van der Waals surface area contributed by atoms with Crippen molar-refractivity contribution in [2.75, 3.05) is 0 Å². The highest BCUT2D eigenvalue weighted by Gasteiger charge is 2.34. The highest BCUT2D eigenvalue weighted by atomic mass is 16.3.